The molecule has 1 aliphatic heterocycles. The zero-order valence-corrected chi connectivity index (χ0v) is 10.7. The van der Waals surface area contributed by atoms with Crippen LogP contribution >= 0.6 is 0 Å². The molecule has 15 heavy (non-hydrogen) atoms. The summed E-state index contributed by atoms with van der Waals surface area (Å²) < 4.78 is 5.35. The normalized spacial score (nSPS) is 21.6. The molecule has 0 aromatic rings. The molecule has 0 aliphatic carbocycles. The van der Waals surface area contributed by atoms with Gasteiger partial charge in [0.2, 0.25) is 0 Å². The molecule has 0 amide bonds. The molecule has 0 bridgehead atoms. The zero-order valence-electron chi connectivity index (χ0n) is 10.7. The molecule has 0 aromatic heterocycles. The summed E-state index contributed by atoms with van der Waals surface area (Å²) in [6.07, 6.45) is 1.17. The molecule has 1 aliphatic rings. The van der Waals surface area contributed by atoms with Crippen LogP contribution in [0.5, 0.6) is 0 Å². The van der Waals surface area contributed by atoms with Crippen molar-refractivity contribution in [2.75, 3.05) is 32.8 Å². The summed E-state index contributed by atoms with van der Waals surface area (Å²) in [5, 5.41) is 3.62. The van der Waals surface area contributed by atoms with E-state index in [1.54, 1.807) is 0 Å². The van der Waals surface area contributed by atoms with E-state index in [1.807, 2.05) is 0 Å². The quantitative estimate of drug-likeness (QED) is 0.750. The third kappa shape index (κ3) is 4.49. The fourth-order valence-corrected chi connectivity index (χ4v) is 1.70. The molecule has 1 heterocycles. The van der Waals surface area contributed by atoms with E-state index in [4.69, 9.17) is 4.74 Å². The Kier molecular flexibility index (Phi) is 5.03. The van der Waals surface area contributed by atoms with Crippen molar-refractivity contribution in [1.82, 2.24) is 10.2 Å². The molecule has 0 saturated carbocycles. The fraction of sp³-hybridized carbons (Fsp3) is 1.00. The number of hydrogen-bond donors (Lipinski definition) is 1. The predicted octanol–water partition coefficient (Wildman–Crippen LogP) is 1.49. The van der Waals surface area contributed by atoms with Crippen LogP contribution in [0.4, 0.5) is 0 Å². The van der Waals surface area contributed by atoms with E-state index in [1.165, 1.54) is 6.42 Å². The lowest BCUT2D eigenvalue weighted by atomic mass is 10.0. The van der Waals surface area contributed by atoms with Gasteiger partial charge in [0.1, 0.15) is 0 Å². The third-order valence-corrected chi connectivity index (χ3v) is 3.43. The molecule has 0 aromatic carbocycles. The van der Waals surface area contributed by atoms with Gasteiger partial charge in [-0.25, -0.2) is 0 Å². The summed E-state index contributed by atoms with van der Waals surface area (Å²) in [6.45, 7) is 14.1. The molecule has 0 spiro atoms. The predicted molar refractivity (Wildman–Crippen MR) is 64.2 cm³/mol. The second-order valence-corrected chi connectivity index (χ2v) is 5.12. The van der Waals surface area contributed by atoms with Gasteiger partial charge in [0.15, 0.2) is 0 Å². The average Bonchev–Trinajstić information content (AvgIpc) is 2.27. The minimum atomic E-state index is 0.264. The van der Waals surface area contributed by atoms with Crippen molar-refractivity contribution < 1.29 is 4.74 Å². The molecule has 3 nitrogen and oxygen atoms in total. The van der Waals surface area contributed by atoms with E-state index >= 15 is 0 Å². The topological polar surface area (TPSA) is 24.5 Å². The Morgan fingerprint density at radius 2 is 1.93 bits per heavy atom. The molecule has 1 unspecified atom stereocenters. The summed E-state index contributed by atoms with van der Waals surface area (Å²) in [5.41, 5.74) is 0.264. The number of rotatable bonds is 5. The summed E-state index contributed by atoms with van der Waals surface area (Å²) in [7, 11) is 0. The van der Waals surface area contributed by atoms with Gasteiger partial charge >= 0.3 is 0 Å². The average molecular weight is 214 g/mol. The van der Waals surface area contributed by atoms with Gasteiger partial charge < -0.3 is 10.1 Å². The van der Waals surface area contributed by atoms with Crippen molar-refractivity contribution >= 4 is 0 Å². The van der Waals surface area contributed by atoms with Crippen LogP contribution in [0.15, 0.2) is 0 Å². The van der Waals surface area contributed by atoms with Gasteiger partial charge in [-0.2, -0.15) is 0 Å². The number of morpholine rings is 1. The Hall–Kier alpha value is -0.120. The summed E-state index contributed by atoms with van der Waals surface area (Å²) >= 11 is 0. The summed E-state index contributed by atoms with van der Waals surface area (Å²) in [4.78, 5) is 2.50. The number of nitrogens with one attached hydrogen (secondary N) is 1. The highest BCUT2D eigenvalue weighted by molar-refractivity contribution is 4.79. The van der Waals surface area contributed by atoms with E-state index in [0.717, 1.165) is 32.8 Å². The van der Waals surface area contributed by atoms with Gasteiger partial charge in [0.25, 0.3) is 0 Å². The Morgan fingerprint density at radius 1 is 1.33 bits per heavy atom. The van der Waals surface area contributed by atoms with Gasteiger partial charge in [-0.3, -0.25) is 4.90 Å². The highest BCUT2D eigenvalue weighted by Gasteiger charge is 2.20. The van der Waals surface area contributed by atoms with Crippen molar-refractivity contribution in [3.8, 4) is 0 Å². The van der Waals surface area contributed by atoms with E-state index in [-0.39, 0.29) is 5.54 Å². The first kappa shape index (κ1) is 12.9. The Bertz CT molecular complexity index is 176. The molecule has 1 atom stereocenters. The van der Waals surface area contributed by atoms with Gasteiger partial charge in [-0.05, 0) is 27.2 Å². The minimum absolute atomic E-state index is 0.264. The lowest BCUT2D eigenvalue weighted by Crippen LogP contribution is -2.50. The molecule has 1 rings (SSSR count). The van der Waals surface area contributed by atoms with Crippen LogP contribution in [-0.4, -0.2) is 49.3 Å². The largest absolute Gasteiger partial charge is 0.379 e. The van der Waals surface area contributed by atoms with Crippen LogP contribution in [0.3, 0.4) is 0 Å². The molecule has 3 heteroatoms. The van der Waals surface area contributed by atoms with Crippen LogP contribution in [0, 0.1) is 0 Å². The van der Waals surface area contributed by atoms with Crippen molar-refractivity contribution in [2.24, 2.45) is 0 Å². The number of hydrogen-bond acceptors (Lipinski definition) is 3. The Labute approximate surface area is 94.2 Å². The molecule has 1 fully saturated rings. The Balaban J connectivity index is 2.25. The molecule has 1 saturated heterocycles. The van der Waals surface area contributed by atoms with Crippen molar-refractivity contribution in [1.29, 1.82) is 0 Å². The first-order valence-corrected chi connectivity index (χ1v) is 6.12. The van der Waals surface area contributed by atoms with E-state index < -0.39 is 0 Å². The van der Waals surface area contributed by atoms with E-state index in [0.29, 0.717) is 6.04 Å². The van der Waals surface area contributed by atoms with Crippen LogP contribution in [0.25, 0.3) is 0 Å². The highest BCUT2D eigenvalue weighted by Crippen LogP contribution is 2.08. The molecule has 1 N–H and O–H groups in total. The van der Waals surface area contributed by atoms with E-state index in [2.05, 4.69) is 37.9 Å². The number of nitrogens with zero attached hydrogens (tertiary/aromatic N) is 1. The molecule has 0 radical (unpaired) electrons. The first-order chi connectivity index (χ1) is 7.05. The standard InChI is InChI=1S/C12H26N2O/c1-5-12(3,4)13-10-11(2)14-6-8-15-9-7-14/h11,13H,5-10H2,1-4H3. The second kappa shape index (κ2) is 5.83. The van der Waals surface area contributed by atoms with Crippen molar-refractivity contribution in [3.63, 3.8) is 0 Å². The maximum Gasteiger partial charge on any atom is 0.0594 e. The molecular weight excluding hydrogens is 188 g/mol. The smallest absolute Gasteiger partial charge is 0.0594 e. The van der Waals surface area contributed by atoms with Gasteiger partial charge in [-0.15, -0.1) is 0 Å². The SMILES string of the molecule is CCC(C)(C)NCC(C)N1CCOCC1. The first-order valence-electron chi connectivity index (χ1n) is 6.12. The summed E-state index contributed by atoms with van der Waals surface area (Å²) in [6, 6.07) is 0.611. The van der Waals surface area contributed by atoms with Crippen molar-refractivity contribution in [2.45, 2.75) is 45.7 Å². The van der Waals surface area contributed by atoms with Gasteiger partial charge in [0, 0.05) is 31.2 Å². The number of ether oxygens (including phenoxy) is 1. The van der Waals surface area contributed by atoms with Gasteiger partial charge in [-0.1, -0.05) is 6.92 Å². The minimum Gasteiger partial charge on any atom is -0.379 e. The van der Waals surface area contributed by atoms with Crippen LogP contribution in [0.1, 0.15) is 34.1 Å². The van der Waals surface area contributed by atoms with Crippen LogP contribution < -0.4 is 5.32 Å². The zero-order chi connectivity index (χ0) is 11.3. The fourth-order valence-electron chi connectivity index (χ4n) is 1.70. The third-order valence-electron chi connectivity index (χ3n) is 3.43. The van der Waals surface area contributed by atoms with E-state index in [9.17, 15) is 0 Å². The van der Waals surface area contributed by atoms with Crippen molar-refractivity contribution in [3.05, 3.63) is 0 Å². The molecule has 90 valence electrons. The maximum atomic E-state index is 5.35. The monoisotopic (exact) mass is 214 g/mol. The maximum absolute atomic E-state index is 5.35. The van der Waals surface area contributed by atoms with Gasteiger partial charge in [0.05, 0.1) is 13.2 Å². The second-order valence-electron chi connectivity index (χ2n) is 5.12. The lowest BCUT2D eigenvalue weighted by Gasteiger charge is -2.35. The van der Waals surface area contributed by atoms with Crippen LogP contribution in [0.2, 0.25) is 0 Å². The van der Waals surface area contributed by atoms with Crippen LogP contribution in [-0.2, 0) is 4.74 Å². The highest BCUT2D eigenvalue weighted by atomic mass is 16.5. The summed E-state index contributed by atoms with van der Waals surface area (Å²) in [5.74, 6) is 0. The Morgan fingerprint density at radius 3 is 2.47 bits per heavy atom. The molecular formula is C12H26N2O. The lowest BCUT2D eigenvalue weighted by molar-refractivity contribution is 0.0191.